The molecule has 0 unspecified atom stereocenters. The first-order valence-electron chi connectivity index (χ1n) is 4.15. The first-order valence-corrected chi connectivity index (χ1v) is 5.56. The first-order chi connectivity index (χ1) is 6.67. The fourth-order valence-electron chi connectivity index (χ4n) is 0.830. The summed E-state index contributed by atoms with van der Waals surface area (Å²) >= 11 is 7.10. The summed E-state index contributed by atoms with van der Waals surface area (Å²) < 4.78 is 4.74. The first kappa shape index (κ1) is 13.8. The van der Waals surface area contributed by atoms with Crippen molar-refractivity contribution in [3.63, 3.8) is 0 Å². The second kappa shape index (κ2) is 8.11. The number of hydrogen-bond acceptors (Lipinski definition) is 2. The van der Waals surface area contributed by atoms with Crippen LogP contribution >= 0.6 is 34.6 Å². The van der Waals surface area contributed by atoms with Gasteiger partial charge in [0.05, 0.1) is 0 Å². The van der Waals surface area contributed by atoms with E-state index in [9.17, 15) is 4.79 Å². The number of amides is 1. The van der Waals surface area contributed by atoms with Crippen LogP contribution in [0.5, 0.6) is 0 Å². The van der Waals surface area contributed by atoms with Gasteiger partial charge in [0.25, 0.3) is 5.91 Å². The maximum atomic E-state index is 11.5. The lowest BCUT2D eigenvalue weighted by Gasteiger charge is -2.18. The Balaban J connectivity index is 4.19. The van der Waals surface area contributed by atoms with Gasteiger partial charge in [-0.1, -0.05) is 12.2 Å². The number of nitrogens with zero attached hydrogens (tertiary/aromatic N) is 1. The van der Waals surface area contributed by atoms with Crippen molar-refractivity contribution in [1.29, 1.82) is 0 Å². The van der Waals surface area contributed by atoms with E-state index in [-0.39, 0.29) is 11.7 Å². The zero-order valence-corrected chi connectivity index (χ0v) is 10.9. The maximum absolute atomic E-state index is 11.5. The average Bonchev–Trinajstić information content (AvgIpc) is 2.22. The molecule has 0 rings (SSSR count). The molecule has 0 bridgehead atoms. The van der Waals surface area contributed by atoms with Crippen LogP contribution in [0.1, 0.15) is 6.92 Å². The summed E-state index contributed by atoms with van der Waals surface area (Å²) in [6.45, 7) is 6.54. The highest BCUT2D eigenvalue weighted by Crippen LogP contribution is 2.05. The maximum Gasteiger partial charge on any atom is 0.289 e. The Bertz CT molecular complexity index is 231. The molecule has 0 aromatic carbocycles. The van der Waals surface area contributed by atoms with Crippen LogP contribution in [0.25, 0.3) is 0 Å². The standard InChI is InChI=1S/C9H13ClINO2/c1-3-12(7-5-4-6-10)9(13)8(2)14-11/h4-5H,2-3,6-7H2,1H3/b5-4+. The summed E-state index contributed by atoms with van der Waals surface area (Å²) in [5.74, 6) is 0.406. The van der Waals surface area contributed by atoms with Gasteiger partial charge in [0.2, 0.25) is 0 Å². The lowest BCUT2D eigenvalue weighted by molar-refractivity contribution is -0.128. The highest BCUT2D eigenvalue weighted by Gasteiger charge is 2.14. The molecule has 0 aliphatic heterocycles. The molecule has 3 nitrogen and oxygen atoms in total. The van der Waals surface area contributed by atoms with Crippen LogP contribution in [0, 0.1) is 0 Å². The number of halogens is 2. The fourth-order valence-corrected chi connectivity index (χ4v) is 1.14. The molecule has 0 radical (unpaired) electrons. The van der Waals surface area contributed by atoms with Gasteiger partial charge >= 0.3 is 0 Å². The van der Waals surface area contributed by atoms with Crippen molar-refractivity contribution in [2.24, 2.45) is 0 Å². The fraction of sp³-hybridized carbons (Fsp3) is 0.444. The van der Waals surface area contributed by atoms with Gasteiger partial charge in [0.1, 0.15) is 0 Å². The molecule has 0 aliphatic carbocycles. The van der Waals surface area contributed by atoms with E-state index in [1.165, 1.54) is 0 Å². The Hall–Kier alpha value is -0.230. The van der Waals surface area contributed by atoms with Crippen molar-refractivity contribution in [2.75, 3.05) is 19.0 Å². The molecule has 5 heteroatoms. The monoisotopic (exact) mass is 329 g/mol. The third-order valence-electron chi connectivity index (χ3n) is 1.58. The lowest BCUT2D eigenvalue weighted by Crippen LogP contribution is -2.32. The van der Waals surface area contributed by atoms with Crippen LogP contribution in [-0.4, -0.2) is 29.8 Å². The smallest absolute Gasteiger partial charge is 0.289 e. The number of allylic oxidation sites excluding steroid dienone is 1. The van der Waals surface area contributed by atoms with E-state index in [2.05, 4.69) is 6.58 Å². The minimum Gasteiger partial charge on any atom is -0.422 e. The second-order valence-electron chi connectivity index (χ2n) is 2.47. The highest BCUT2D eigenvalue weighted by atomic mass is 127. The average molecular weight is 330 g/mol. The Morgan fingerprint density at radius 1 is 1.64 bits per heavy atom. The molecule has 0 atom stereocenters. The summed E-state index contributed by atoms with van der Waals surface area (Å²) in [5, 5.41) is 0. The number of carbonyl (C=O) groups excluding carboxylic acids is 1. The van der Waals surface area contributed by atoms with Crippen molar-refractivity contribution in [3.8, 4) is 0 Å². The molecule has 1 amide bonds. The van der Waals surface area contributed by atoms with Gasteiger partial charge in [-0.15, -0.1) is 11.6 Å². The van der Waals surface area contributed by atoms with Crippen LogP contribution in [0.15, 0.2) is 24.5 Å². The second-order valence-corrected chi connectivity index (χ2v) is 3.22. The quantitative estimate of drug-likeness (QED) is 0.246. The molecule has 0 spiro atoms. The molecule has 0 saturated carbocycles. The van der Waals surface area contributed by atoms with Crippen LogP contribution in [0.4, 0.5) is 0 Å². The van der Waals surface area contributed by atoms with E-state index in [1.807, 2.05) is 13.0 Å². The number of rotatable bonds is 6. The van der Waals surface area contributed by atoms with E-state index in [1.54, 1.807) is 34.0 Å². The zero-order chi connectivity index (χ0) is 11.0. The topological polar surface area (TPSA) is 29.5 Å². The zero-order valence-electron chi connectivity index (χ0n) is 8.00. The van der Waals surface area contributed by atoms with E-state index in [0.29, 0.717) is 19.0 Å². The summed E-state index contributed by atoms with van der Waals surface area (Å²) in [5.41, 5.74) is 0. The number of likely N-dealkylation sites (N-methyl/N-ethyl adjacent to an activating group) is 1. The molecule has 0 fully saturated rings. The van der Waals surface area contributed by atoms with E-state index in [0.717, 1.165) is 0 Å². The molecule has 0 aromatic rings. The summed E-state index contributed by atoms with van der Waals surface area (Å²) in [4.78, 5) is 13.1. The molecule has 0 saturated heterocycles. The molecular weight excluding hydrogens is 316 g/mol. The van der Waals surface area contributed by atoms with Gasteiger partial charge in [0, 0.05) is 19.0 Å². The van der Waals surface area contributed by atoms with Crippen LogP contribution in [0.3, 0.4) is 0 Å². The predicted molar refractivity (Wildman–Crippen MR) is 66.4 cm³/mol. The van der Waals surface area contributed by atoms with Gasteiger partial charge in [0.15, 0.2) is 28.8 Å². The van der Waals surface area contributed by atoms with Crippen molar-refractivity contribution < 1.29 is 7.86 Å². The van der Waals surface area contributed by atoms with Crippen molar-refractivity contribution in [1.82, 2.24) is 4.90 Å². The summed E-state index contributed by atoms with van der Waals surface area (Å²) in [7, 11) is 0. The molecule has 0 aliphatic rings. The predicted octanol–water partition coefficient (Wildman–Crippen LogP) is 2.51. The third kappa shape index (κ3) is 4.85. The summed E-state index contributed by atoms with van der Waals surface area (Å²) in [6.07, 6.45) is 3.64. The van der Waals surface area contributed by atoms with Crippen LogP contribution in [-0.2, 0) is 7.86 Å². The van der Waals surface area contributed by atoms with Crippen LogP contribution < -0.4 is 0 Å². The van der Waals surface area contributed by atoms with Gasteiger partial charge in [-0.3, -0.25) is 4.79 Å². The number of carbonyl (C=O) groups is 1. The number of alkyl halides is 1. The van der Waals surface area contributed by atoms with Crippen molar-refractivity contribution in [2.45, 2.75) is 6.92 Å². The molecule has 0 N–H and O–H groups in total. The largest absolute Gasteiger partial charge is 0.422 e. The summed E-state index contributed by atoms with van der Waals surface area (Å²) in [6, 6.07) is 0. The minimum atomic E-state index is -0.193. The van der Waals surface area contributed by atoms with Gasteiger partial charge in [-0.05, 0) is 13.5 Å². The van der Waals surface area contributed by atoms with Crippen molar-refractivity contribution in [3.05, 3.63) is 24.5 Å². The minimum absolute atomic E-state index is 0.145. The van der Waals surface area contributed by atoms with Crippen LogP contribution in [0.2, 0.25) is 0 Å². The Morgan fingerprint density at radius 3 is 2.71 bits per heavy atom. The van der Waals surface area contributed by atoms with Gasteiger partial charge in [-0.2, -0.15) is 0 Å². The normalized spacial score (nSPS) is 10.2. The third-order valence-corrected chi connectivity index (χ3v) is 2.29. The number of hydrogen-bond donors (Lipinski definition) is 0. The van der Waals surface area contributed by atoms with E-state index < -0.39 is 0 Å². The van der Waals surface area contributed by atoms with Gasteiger partial charge in [-0.25, -0.2) is 0 Å². The van der Waals surface area contributed by atoms with E-state index in [4.69, 9.17) is 14.7 Å². The Morgan fingerprint density at radius 2 is 2.29 bits per heavy atom. The SMILES string of the molecule is C=C(OI)C(=O)N(CC)C/C=C/CCl. The Kier molecular flexibility index (Phi) is 7.98. The molecule has 80 valence electrons. The molecule has 14 heavy (non-hydrogen) atoms. The molecular formula is C9H13ClINO2. The molecule has 0 heterocycles. The lowest BCUT2D eigenvalue weighted by atomic mass is 10.4. The Labute approximate surface area is 103 Å². The highest BCUT2D eigenvalue weighted by molar-refractivity contribution is 14.1. The van der Waals surface area contributed by atoms with E-state index >= 15 is 0 Å². The molecule has 0 aromatic heterocycles. The van der Waals surface area contributed by atoms with Gasteiger partial charge < -0.3 is 7.97 Å². The van der Waals surface area contributed by atoms with Crippen molar-refractivity contribution >= 4 is 40.5 Å².